The Kier molecular flexibility index (Phi) is 7.22. The van der Waals surface area contributed by atoms with Crippen molar-refractivity contribution in [2.24, 2.45) is 0 Å². The molecular formula is C21H21Cl2NO4. The lowest BCUT2D eigenvalue weighted by Gasteiger charge is -2.19. The topological polar surface area (TPSA) is 69.4 Å². The van der Waals surface area contributed by atoms with Crippen molar-refractivity contribution in [2.45, 2.75) is 39.2 Å². The molecular weight excluding hydrogens is 401 g/mol. The van der Waals surface area contributed by atoms with Gasteiger partial charge in [0, 0.05) is 28.1 Å². The van der Waals surface area contributed by atoms with Crippen LogP contribution in [0.2, 0.25) is 10.0 Å². The van der Waals surface area contributed by atoms with Crippen LogP contribution in [0, 0.1) is 10.1 Å². The summed E-state index contributed by atoms with van der Waals surface area (Å²) in [7, 11) is 0. The first kappa shape index (κ1) is 21.9. The fourth-order valence-electron chi connectivity index (χ4n) is 2.55. The molecule has 0 aliphatic heterocycles. The van der Waals surface area contributed by atoms with Gasteiger partial charge in [0.05, 0.1) is 10.5 Å². The highest BCUT2D eigenvalue weighted by atomic mass is 35.5. The standard InChI is InChI=1S/C21H21Cl2NO4/c1-21(2,3)28-20(25)11-8-14-12-17(22)16(18(23)13-14)10-9-15-6-4-5-7-19(15)24(26)27/h4-7,9-10,12-13H,8,11H2,1-3H3/b10-9+. The highest BCUT2D eigenvalue weighted by Crippen LogP contribution is 2.30. The molecule has 7 heteroatoms. The van der Waals surface area contributed by atoms with E-state index in [9.17, 15) is 14.9 Å². The summed E-state index contributed by atoms with van der Waals surface area (Å²) in [6, 6.07) is 9.87. The molecule has 0 atom stereocenters. The third kappa shape index (κ3) is 6.36. The van der Waals surface area contributed by atoms with Gasteiger partial charge in [-0.25, -0.2) is 0 Å². The van der Waals surface area contributed by atoms with Crippen LogP contribution in [0.5, 0.6) is 0 Å². The SMILES string of the molecule is CC(C)(C)OC(=O)CCc1cc(Cl)c(/C=C/c2ccccc2[N+](=O)[O-])c(Cl)c1. The molecule has 0 saturated carbocycles. The van der Waals surface area contributed by atoms with E-state index in [1.54, 1.807) is 42.5 Å². The first-order valence-corrected chi connectivity index (χ1v) is 9.43. The maximum atomic E-state index is 11.9. The van der Waals surface area contributed by atoms with Crippen LogP contribution in [0.3, 0.4) is 0 Å². The Morgan fingerprint density at radius 3 is 2.32 bits per heavy atom. The second kappa shape index (κ2) is 9.22. The molecule has 2 aromatic rings. The van der Waals surface area contributed by atoms with Crippen LogP contribution in [-0.4, -0.2) is 16.5 Å². The summed E-state index contributed by atoms with van der Waals surface area (Å²) in [5.41, 5.74) is 1.29. The number of carbonyl (C=O) groups excluding carboxylic acids is 1. The Hall–Kier alpha value is -2.37. The van der Waals surface area contributed by atoms with Crippen LogP contribution < -0.4 is 0 Å². The number of rotatable bonds is 6. The minimum atomic E-state index is -0.527. The van der Waals surface area contributed by atoms with E-state index in [0.29, 0.717) is 27.6 Å². The van der Waals surface area contributed by atoms with Crippen molar-refractivity contribution in [2.75, 3.05) is 0 Å². The van der Waals surface area contributed by atoms with E-state index in [1.165, 1.54) is 6.07 Å². The lowest BCUT2D eigenvalue weighted by atomic mass is 10.1. The minimum Gasteiger partial charge on any atom is -0.460 e. The molecule has 148 valence electrons. The molecule has 0 saturated heterocycles. The number of ether oxygens (including phenoxy) is 1. The summed E-state index contributed by atoms with van der Waals surface area (Å²) in [5.74, 6) is -0.292. The van der Waals surface area contributed by atoms with E-state index >= 15 is 0 Å². The van der Waals surface area contributed by atoms with Crippen molar-refractivity contribution in [1.82, 2.24) is 0 Å². The number of halogens is 2. The molecule has 2 rings (SSSR count). The molecule has 0 amide bonds. The van der Waals surface area contributed by atoms with Crippen molar-refractivity contribution in [3.05, 3.63) is 73.2 Å². The molecule has 0 radical (unpaired) electrons. The molecule has 0 spiro atoms. The summed E-state index contributed by atoms with van der Waals surface area (Å²) in [6.45, 7) is 5.45. The molecule has 0 unspecified atom stereocenters. The highest BCUT2D eigenvalue weighted by Gasteiger charge is 2.16. The average molecular weight is 422 g/mol. The van der Waals surface area contributed by atoms with Gasteiger partial charge in [0.2, 0.25) is 0 Å². The van der Waals surface area contributed by atoms with Gasteiger partial charge in [-0.3, -0.25) is 14.9 Å². The van der Waals surface area contributed by atoms with E-state index in [1.807, 2.05) is 20.8 Å². The lowest BCUT2D eigenvalue weighted by Crippen LogP contribution is -2.24. The molecule has 0 aromatic heterocycles. The third-order valence-corrected chi connectivity index (χ3v) is 4.37. The van der Waals surface area contributed by atoms with E-state index in [2.05, 4.69) is 0 Å². The predicted molar refractivity (Wildman–Crippen MR) is 113 cm³/mol. The molecule has 2 aromatic carbocycles. The Balaban J connectivity index is 2.16. The highest BCUT2D eigenvalue weighted by molar-refractivity contribution is 6.37. The lowest BCUT2D eigenvalue weighted by molar-refractivity contribution is -0.385. The van der Waals surface area contributed by atoms with Crippen LogP contribution in [-0.2, 0) is 16.0 Å². The summed E-state index contributed by atoms with van der Waals surface area (Å²) in [5, 5.41) is 11.9. The van der Waals surface area contributed by atoms with E-state index < -0.39 is 10.5 Å². The minimum absolute atomic E-state index is 0.0000224. The zero-order chi connectivity index (χ0) is 20.9. The summed E-state index contributed by atoms with van der Waals surface area (Å²) in [6.07, 6.45) is 3.91. The summed E-state index contributed by atoms with van der Waals surface area (Å²) >= 11 is 12.7. The Bertz CT molecular complexity index is 894. The number of nitro groups is 1. The Labute approximate surface area is 174 Å². The molecule has 28 heavy (non-hydrogen) atoms. The van der Waals surface area contributed by atoms with Crippen LogP contribution in [0.1, 0.15) is 43.9 Å². The average Bonchev–Trinajstić information content (AvgIpc) is 2.58. The van der Waals surface area contributed by atoms with Crippen molar-refractivity contribution in [1.29, 1.82) is 0 Å². The van der Waals surface area contributed by atoms with Crippen molar-refractivity contribution in [3.63, 3.8) is 0 Å². The zero-order valence-electron chi connectivity index (χ0n) is 15.9. The smallest absolute Gasteiger partial charge is 0.306 e. The number of benzene rings is 2. The summed E-state index contributed by atoms with van der Waals surface area (Å²) < 4.78 is 5.29. The largest absolute Gasteiger partial charge is 0.460 e. The Morgan fingerprint density at radius 2 is 1.75 bits per heavy atom. The van der Waals surface area contributed by atoms with Gasteiger partial charge in [0.1, 0.15) is 5.60 Å². The normalized spacial score (nSPS) is 11.6. The van der Waals surface area contributed by atoms with Gasteiger partial charge in [-0.15, -0.1) is 0 Å². The zero-order valence-corrected chi connectivity index (χ0v) is 17.4. The van der Waals surface area contributed by atoms with Crippen molar-refractivity contribution >= 4 is 47.0 Å². The van der Waals surface area contributed by atoms with Crippen LogP contribution in [0.25, 0.3) is 12.2 Å². The molecule has 0 aliphatic rings. The fourth-order valence-corrected chi connectivity index (χ4v) is 3.21. The fraction of sp³-hybridized carbons (Fsp3) is 0.286. The number of carbonyl (C=O) groups is 1. The number of esters is 1. The van der Waals surface area contributed by atoms with Crippen LogP contribution in [0.15, 0.2) is 36.4 Å². The molecule has 5 nitrogen and oxygen atoms in total. The summed E-state index contributed by atoms with van der Waals surface area (Å²) in [4.78, 5) is 22.5. The quantitative estimate of drug-likeness (QED) is 0.236. The molecule has 0 aliphatic carbocycles. The van der Waals surface area contributed by atoms with Gasteiger partial charge in [-0.2, -0.15) is 0 Å². The second-order valence-corrected chi connectivity index (χ2v) is 8.02. The van der Waals surface area contributed by atoms with E-state index in [0.717, 1.165) is 5.56 Å². The molecule has 0 heterocycles. The van der Waals surface area contributed by atoms with Gasteiger partial charge >= 0.3 is 5.97 Å². The van der Waals surface area contributed by atoms with E-state index in [4.69, 9.17) is 27.9 Å². The van der Waals surface area contributed by atoms with Crippen molar-refractivity contribution < 1.29 is 14.5 Å². The monoisotopic (exact) mass is 421 g/mol. The van der Waals surface area contributed by atoms with Crippen LogP contribution in [0.4, 0.5) is 5.69 Å². The maximum Gasteiger partial charge on any atom is 0.306 e. The van der Waals surface area contributed by atoms with Gasteiger partial charge in [0.15, 0.2) is 0 Å². The van der Waals surface area contributed by atoms with Gasteiger partial charge in [-0.05, 0) is 57.0 Å². The molecule has 0 fully saturated rings. The number of aryl methyl sites for hydroxylation is 1. The number of nitrogens with zero attached hydrogens (tertiary/aromatic N) is 1. The van der Waals surface area contributed by atoms with Gasteiger partial charge in [-0.1, -0.05) is 41.4 Å². The number of nitro benzene ring substituents is 1. The number of hydrogen-bond donors (Lipinski definition) is 0. The Morgan fingerprint density at radius 1 is 1.14 bits per heavy atom. The first-order valence-electron chi connectivity index (χ1n) is 8.68. The maximum absolute atomic E-state index is 11.9. The first-order chi connectivity index (χ1) is 13.1. The molecule has 0 bridgehead atoms. The van der Waals surface area contributed by atoms with Crippen LogP contribution >= 0.6 is 23.2 Å². The van der Waals surface area contributed by atoms with Gasteiger partial charge < -0.3 is 4.74 Å². The van der Waals surface area contributed by atoms with E-state index in [-0.39, 0.29) is 18.1 Å². The predicted octanol–water partition coefficient (Wildman–Crippen LogP) is 6.35. The number of hydrogen-bond acceptors (Lipinski definition) is 4. The molecule has 0 N–H and O–H groups in total. The van der Waals surface area contributed by atoms with Crippen molar-refractivity contribution in [3.8, 4) is 0 Å². The third-order valence-electron chi connectivity index (χ3n) is 3.74. The van der Waals surface area contributed by atoms with Gasteiger partial charge in [0.25, 0.3) is 5.69 Å². The number of para-hydroxylation sites is 1. The second-order valence-electron chi connectivity index (χ2n) is 7.21.